The number of ether oxygens (including phenoxy) is 3. The van der Waals surface area contributed by atoms with Gasteiger partial charge in [-0.15, -0.1) is 11.6 Å². The molecule has 0 radical (unpaired) electrons. The summed E-state index contributed by atoms with van der Waals surface area (Å²) in [5.41, 5.74) is 18.5. The lowest BCUT2D eigenvalue weighted by molar-refractivity contribution is -0.143. The van der Waals surface area contributed by atoms with Crippen molar-refractivity contribution in [2.24, 2.45) is 13.9 Å². The Labute approximate surface area is 607 Å². The molecule has 0 heterocycles. The molecule has 0 bridgehead atoms. The molecule has 0 saturated heterocycles. The fourth-order valence-electron chi connectivity index (χ4n) is 8.96. The van der Waals surface area contributed by atoms with Crippen LogP contribution in [-0.4, -0.2) is 83.8 Å². The van der Waals surface area contributed by atoms with Gasteiger partial charge in [-0.25, -0.2) is 0 Å². The number of aliphatic hydroxyl groups is 1. The van der Waals surface area contributed by atoms with Gasteiger partial charge in [0, 0.05) is 23.5 Å². The number of nitrogens with zero attached hydrogens (tertiary/aromatic N) is 2. The normalized spacial score (nSPS) is 12.4. The predicted octanol–water partition coefficient (Wildman–Crippen LogP) is 18.2. The van der Waals surface area contributed by atoms with Crippen LogP contribution in [0.3, 0.4) is 0 Å². The van der Waals surface area contributed by atoms with Gasteiger partial charge in [0.2, 0.25) is 0 Å². The number of nitrogens with two attached hydrogens (primary N) is 1. The van der Waals surface area contributed by atoms with Gasteiger partial charge in [-0.3, -0.25) is 9.59 Å². The number of hydrogen-bond acceptors (Lipinski definition) is 13. The highest BCUT2D eigenvalue weighted by atomic mass is 35.5. The minimum Gasteiger partial charge on any atom is -0.598 e. The number of halogens is 1. The molecular formula is C82H109ClN4O9S3. The van der Waals surface area contributed by atoms with Crippen LogP contribution in [0, 0.1) is 27.7 Å². The molecule has 0 spiro atoms. The van der Waals surface area contributed by atoms with Gasteiger partial charge in [0.25, 0.3) is 0 Å². The van der Waals surface area contributed by atoms with E-state index in [0.29, 0.717) is 18.9 Å². The minimum absolute atomic E-state index is 0. The Morgan fingerprint density at radius 3 is 1.30 bits per heavy atom. The van der Waals surface area contributed by atoms with Gasteiger partial charge in [-0.2, -0.15) is 5.14 Å². The lowest BCUT2D eigenvalue weighted by Crippen LogP contribution is -2.34. The van der Waals surface area contributed by atoms with Crippen LogP contribution in [0.4, 0.5) is 0 Å². The maximum atomic E-state index is 12.6. The van der Waals surface area contributed by atoms with Crippen molar-refractivity contribution in [2.75, 3.05) is 26.9 Å². The summed E-state index contributed by atoms with van der Waals surface area (Å²) in [6.07, 6.45) is 5.43. The van der Waals surface area contributed by atoms with Crippen LogP contribution in [0.5, 0.6) is 5.75 Å². The standard InChI is InChI=1S/C23H29NO3S.C19H21ClO2.C19H23NOS.C15H16O.C4H11NOS.C2H6O.H3N/c1-6-27-22(25)16-21(24-28(26)23(3,4)5)20-13-9-11-18(15-20)14-19-12-8-7-10-17(19)2;1-3-22-19(21)13-18(20)17-10-6-8-15(12-17)11-16-9-5-4-7-14(16)2;1-15-8-5-6-11-18(15)13-16-9-7-10-17(12-16)14-20-22(21)19(2,3)4;1-12-6-3-4-8-14(12)10-13-7-5-9-15(11-13)16-2;1-4(2,3)7(5)6;1-2-3;/h7-13,15H,6,14,16H2,1-5H3;4-10,12,18H,3,11,13H2,1-2H3;5-12,14H,13H2,1-4H3;3-9,11H,10H2,1-2H3;5H2,1-3H3;3H,2H2,1H3;1H3/t;18-;;;;;/m.1...../s1. The van der Waals surface area contributed by atoms with E-state index < -0.39 is 38.8 Å². The Morgan fingerprint density at radius 1 is 0.525 bits per heavy atom. The van der Waals surface area contributed by atoms with Crippen molar-refractivity contribution in [3.05, 3.63) is 278 Å². The molecule has 0 aliphatic heterocycles. The molecule has 3 unspecified atom stereocenters. The lowest BCUT2D eigenvalue weighted by Gasteiger charge is -2.19. The maximum absolute atomic E-state index is 12.6. The molecule has 13 nitrogen and oxygen atoms in total. The minimum atomic E-state index is -1.46. The summed E-state index contributed by atoms with van der Waals surface area (Å²) in [6, 6.07) is 66.0. The van der Waals surface area contributed by atoms with Gasteiger partial charge in [-0.1, -0.05) is 179 Å². The van der Waals surface area contributed by atoms with Crippen LogP contribution in [0.2, 0.25) is 0 Å². The van der Waals surface area contributed by atoms with Crippen LogP contribution in [0.25, 0.3) is 0 Å². The molecule has 0 saturated carbocycles. The van der Waals surface area contributed by atoms with Crippen molar-refractivity contribution < 1.29 is 42.6 Å². The summed E-state index contributed by atoms with van der Waals surface area (Å²) >= 11 is 2.49. The maximum Gasteiger partial charge on any atom is 0.312 e. The number of carbonyl (C=O) groups is 2. The van der Waals surface area contributed by atoms with Crippen LogP contribution in [0.15, 0.2) is 203 Å². The third-order valence-electron chi connectivity index (χ3n) is 14.7. The van der Waals surface area contributed by atoms with Crippen LogP contribution >= 0.6 is 11.6 Å². The number of carbonyl (C=O) groups excluding carboxylic acids is 2. The van der Waals surface area contributed by atoms with E-state index in [-0.39, 0.29) is 52.4 Å². The summed E-state index contributed by atoms with van der Waals surface area (Å²) in [7, 11) is 1.70. The number of esters is 2. The first-order valence-corrected chi connectivity index (χ1v) is 36.9. The first-order chi connectivity index (χ1) is 46.3. The fraction of sp³-hybridized carbons (Fsp3) is 0.366. The lowest BCUT2D eigenvalue weighted by atomic mass is 9.97. The zero-order chi connectivity index (χ0) is 73.0. The molecule has 17 heteroatoms. The summed E-state index contributed by atoms with van der Waals surface area (Å²) in [6.45, 7) is 31.6. The Balaban J connectivity index is 0.000000432. The van der Waals surface area contributed by atoms with E-state index in [1.165, 1.54) is 61.2 Å². The third-order valence-corrected chi connectivity index (χ3v) is 19.1. The highest BCUT2D eigenvalue weighted by molar-refractivity contribution is 7.92. The second kappa shape index (κ2) is 45.7. The van der Waals surface area contributed by atoms with Crippen molar-refractivity contribution in [3.8, 4) is 5.75 Å². The molecule has 0 fully saturated rings. The second-order valence-electron chi connectivity index (χ2n) is 26.1. The summed E-state index contributed by atoms with van der Waals surface area (Å²) in [4.78, 5) is 23.6. The van der Waals surface area contributed by atoms with Gasteiger partial charge < -0.3 is 39.1 Å². The molecule has 536 valence electrons. The fourth-order valence-corrected chi connectivity index (χ4v) is 10.4. The van der Waals surface area contributed by atoms with E-state index in [1.54, 1.807) is 34.1 Å². The van der Waals surface area contributed by atoms with Crippen LogP contribution in [0.1, 0.15) is 185 Å². The number of hydrogen-bond donors (Lipinski definition) is 3. The molecule has 0 aromatic heterocycles. The van der Waals surface area contributed by atoms with Gasteiger partial charge in [0.15, 0.2) is 0 Å². The Hall–Kier alpha value is -7.06. The van der Waals surface area contributed by atoms with E-state index in [0.717, 1.165) is 53.7 Å². The molecule has 4 atom stereocenters. The van der Waals surface area contributed by atoms with E-state index >= 15 is 0 Å². The van der Waals surface area contributed by atoms with Crippen molar-refractivity contribution >= 4 is 69.6 Å². The summed E-state index contributed by atoms with van der Waals surface area (Å²) < 4.78 is 57.7. The quantitative estimate of drug-likeness (QED) is 0.0281. The number of methoxy groups -OCH3 is 1. The molecule has 8 rings (SSSR count). The summed E-state index contributed by atoms with van der Waals surface area (Å²) in [5.74, 6) is 0.300. The van der Waals surface area contributed by atoms with Gasteiger partial charge in [-0.05, 0) is 239 Å². The van der Waals surface area contributed by atoms with Crippen molar-refractivity contribution in [1.29, 1.82) is 0 Å². The van der Waals surface area contributed by atoms with Crippen molar-refractivity contribution in [1.82, 2.24) is 6.15 Å². The molecule has 8 aromatic carbocycles. The van der Waals surface area contributed by atoms with Gasteiger partial charge in [0.1, 0.15) is 48.4 Å². The number of alkyl halides is 1. The largest absolute Gasteiger partial charge is 0.598 e. The first kappa shape index (κ1) is 88.0. The molecule has 8 aromatic rings. The van der Waals surface area contributed by atoms with Gasteiger partial charge in [0.05, 0.1) is 44.8 Å². The Bertz CT molecular complexity index is 3730. The third kappa shape index (κ3) is 34.7. The van der Waals surface area contributed by atoms with Gasteiger partial charge >= 0.3 is 11.9 Å². The zero-order valence-corrected chi connectivity index (χ0v) is 64.7. The van der Waals surface area contributed by atoms with E-state index in [1.807, 2.05) is 135 Å². The molecule has 6 N–H and O–H groups in total. The topological polar surface area (TPSA) is 237 Å². The average molecular weight is 1430 g/mol. The first-order valence-electron chi connectivity index (χ1n) is 33.1. The Kier molecular flexibility index (Phi) is 40.6. The van der Waals surface area contributed by atoms with Crippen molar-refractivity contribution in [3.63, 3.8) is 0 Å². The average Bonchev–Trinajstić information content (AvgIpc) is 0.862. The number of aryl methyl sites for hydroxylation is 4. The zero-order valence-electron chi connectivity index (χ0n) is 61.5. The SMILES string of the molecule is CC(C)(C)[S+](N)[O-].CCO.CCOC(=O)CC(=N[S+]([O-])C(C)(C)C)c1cccc(Cc2ccccc2C)c1.CCOC(=O)C[C@@H](Cl)c1cccc(Cc2ccccc2C)c1.COc1cccc(Cc2ccccc2C)c1.Cc1ccccc1Cc1cccc(C=N[S+]([O-])C(C)(C)C)c1.N. The van der Waals surface area contributed by atoms with E-state index in [4.69, 9.17) is 36.1 Å². The Morgan fingerprint density at radius 2 is 0.899 bits per heavy atom. The molecule has 99 heavy (non-hydrogen) atoms. The van der Waals surface area contributed by atoms with Crippen LogP contribution in [-0.2, 0) is 78.8 Å². The molecule has 0 amide bonds. The number of benzene rings is 8. The monoisotopic (exact) mass is 1420 g/mol. The molecule has 0 aliphatic rings. The smallest absolute Gasteiger partial charge is 0.312 e. The van der Waals surface area contributed by atoms with Crippen LogP contribution < -0.4 is 16.0 Å². The van der Waals surface area contributed by atoms with Crippen molar-refractivity contribution in [2.45, 2.75) is 169 Å². The highest BCUT2D eigenvalue weighted by Gasteiger charge is 2.29. The second-order valence-corrected chi connectivity index (χ2v) is 32.3. The summed E-state index contributed by atoms with van der Waals surface area (Å²) in [5, 5.41) is 12.3. The molecular weight excluding hydrogens is 1320 g/mol. The molecule has 0 aliphatic carbocycles. The van der Waals surface area contributed by atoms with E-state index in [2.05, 4.69) is 158 Å². The highest BCUT2D eigenvalue weighted by Crippen LogP contribution is 2.28. The number of rotatable bonds is 20. The number of aliphatic hydroxyl groups excluding tert-OH is 1. The van der Waals surface area contributed by atoms with E-state index in [9.17, 15) is 23.2 Å². The predicted molar refractivity (Wildman–Crippen MR) is 419 cm³/mol.